The fraction of sp³-hybridized carbons (Fsp3) is 1.00. The van der Waals surface area contributed by atoms with Gasteiger partial charge in [-0.1, -0.05) is 32.6 Å². The Morgan fingerprint density at radius 2 is 1.75 bits per heavy atom. The summed E-state index contributed by atoms with van der Waals surface area (Å²) in [5.74, 6) is 1.00. The molecule has 1 aliphatic carbocycles. The first-order chi connectivity index (χ1) is 7.81. The van der Waals surface area contributed by atoms with E-state index in [1.807, 2.05) is 0 Å². The molecule has 0 radical (unpaired) electrons. The third-order valence-corrected chi connectivity index (χ3v) is 4.60. The average molecular weight is 224 g/mol. The molecule has 0 amide bonds. The van der Waals surface area contributed by atoms with Gasteiger partial charge in [0.2, 0.25) is 0 Å². The molecule has 2 atom stereocenters. The summed E-state index contributed by atoms with van der Waals surface area (Å²) in [6, 6.07) is 1.16. The number of hydrogen-bond donors (Lipinski definition) is 1. The molecule has 2 aliphatic rings. The number of rotatable bonds is 3. The summed E-state index contributed by atoms with van der Waals surface area (Å²) >= 11 is 0. The van der Waals surface area contributed by atoms with Crippen molar-refractivity contribution in [1.82, 2.24) is 4.90 Å². The number of nitrogens with two attached hydrogens (primary N) is 1. The highest BCUT2D eigenvalue weighted by molar-refractivity contribution is 4.88. The Labute approximate surface area is 101 Å². The molecule has 0 aromatic carbocycles. The summed E-state index contributed by atoms with van der Waals surface area (Å²) in [5, 5.41) is 0. The predicted octanol–water partition coefficient (Wildman–Crippen LogP) is 2.77. The lowest BCUT2D eigenvalue weighted by molar-refractivity contribution is 0.0915. The van der Waals surface area contributed by atoms with Crippen LogP contribution in [0.15, 0.2) is 0 Å². The minimum absolute atomic E-state index is 0.455. The van der Waals surface area contributed by atoms with E-state index in [1.165, 1.54) is 64.5 Å². The number of nitrogens with zero attached hydrogens (tertiary/aromatic N) is 1. The maximum Gasteiger partial charge on any atom is 0.0247 e. The van der Waals surface area contributed by atoms with Crippen LogP contribution in [-0.4, -0.2) is 30.1 Å². The molecule has 1 aliphatic heterocycles. The lowest BCUT2D eigenvalue weighted by atomic mass is 9.86. The van der Waals surface area contributed by atoms with Crippen molar-refractivity contribution in [2.45, 2.75) is 70.4 Å². The molecule has 1 heterocycles. The van der Waals surface area contributed by atoms with Crippen molar-refractivity contribution in [2.24, 2.45) is 11.7 Å². The molecule has 2 rings (SSSR count). The second-order valence-electron chi connectivity index (χ2n) is 5.78. The van der Waals surface area contributed by atoms with E-state index in [2.05, 4.69) is 11.8 Å². The van der Waals surface area contributed by atoms with Gasteiger partial charge < -0.3 is 5.73 Å². The van der Waals surface area contributed by atoms with Crippen LogP contribution in [0.2, 0.25) is 0 Å². The Balaban J connectivity index is 1.79. The molecule has 94 valence electrons. The first kappa shape index (κ1) is 12.4. The molecule has 0 aromatic heterocycles. The average Bonchev–Trinajstić information content (AvgIpc) is 2.31. The van der Waals surface area contributed by atoms with Crippen molar-refractivity contribution in [1.29, 1.82) is 0 Å². The molecule has 2 N–H and O–H groups in total. The molecule has 0 aromatic rings. The monoisotopic (exact) mass is 224 g/mol. The summed E-state index contributed by atoms with van der Waals surface area (Å²) in [6.07, 6.45) is 11.0. The van der Waals surface area contributed by atoms with Gasteiger partial charge in [0, 0.05) is 12.1 Å². The van der Waals surface area contributed by atoms with Crippen LogP contribution >= 0.6 is 0 Å². The predicted molar refractivity (Wildman–Crippen MR) is 69.4 cm³/mol. The highest BCUT2D eigenvalue weighted by Crippen LogP contribution is 2.28. The lowest BCUT2D eigenvalue weighted by Crippen LogP contribution is -2.52. The number of hydrogen-bond acceptors (Lipinski definition) is 2. The molecule has 1 saturated carbocycles. The van der Waals surface area contributed by atoms with Gasteiger partial charge >= 0.3 is 0 Å². The highest BCUT2D eigenvalue weighted by atomic mass is 15.2. The van der Waals surface area contributed by atoms with Gasteiger partial charge in [-0.25, -0.2) is 0 Å². The van der Waals surface area contributed by atoms with E-state index in [0.29, 0.717) is 12.1 Å². The summed E-state index contributed by atoms with van der Waals surface area (Å²) in [4.78, 5) is 2.69. The van der Waals surface area contributed by atoms with Crippen molar-refractivity contribution in [3.8, 4) is 0 Å². The molecule has 1 saturated heterocycles. The summed E-state index contributed by atoms with van der Waals surface area (Å²) in [6.45, 7) is 4.93. The zero-order chi connectivity index (χ0) is 11.4. The zero-order valence-electron chi connectivity index (χ0n) is 10.8. The molecule has 2 nitrogen and oxygen atoms in total. The van der Waals surface area contributed by atoms with Gasteiger partial charge in [0.05, 0.1) is 0 Å². The maximum absolute atomic E-state index is 6.26. The SMILES string of the molecule is CCCC1CCN(C2CCCCC2N)CC1. The summed E-state index contributed by atoms with van der Waals surface area (Å²) in [7, 11) is 0. The van der Waals surface area contributed by atoms with Crippen LogP contribution in [0.5, 0.6) is 0 Å². The Morgan fingerprint density at radius 1 is 1.06 bits per heavy atom. The van der Waals surface area contributed by atoms with Crippen LogP contribution in [-0.2, 0) is 0 Å². The molecule has 2 unspecified atom stereocenters. The second kappa shape index (κ2) is 6.02. The largest absolute Gasteiger partial charge is 0.326 e. The molecular weight excluding hydrogens is 196 g/mol. The van der Waals surface area contributed by atoms with Crippen molar-refractivity contribution in [3.63, 3.8) is 0 Å². The first-order valence-electron chi connectivity index (χ1n) is 7.31. The van der Waals surface area contributed by atoms with E-state index in [-0.39, 0.29) is 0 Å². The topological polar surface area (TPSA) is 29.3 Å². The van der Waals surface area contributed by atoms with E-state index in [4.69, 9.17) is 5.73 Å². The first-order valence-corrected chi connectivity index (χ1v) is 7.31. The minimum Gasteiger partial charge on any atom is -0.326 e. The van der Waals surface area contributed by atoms with Gasteiger partial charge in [-0.05, 0) is 44.7 Å². The van der Waals surface area contributed by atoms with Crippen LogP contribution < -0.4 is 5.73 Å². The minimum atomic E-state index is 0.455. The van der Waals surface area contributed by atoms with Crippen LogP contribution in [0.3, 0.4) is 0 Å². The third-order valence-electron chi connectivity index (χ3n) is 4.60. The molecular formula is C14H28N2. The standard InChI is InChI=1S/C14H28N2/c1-2-5-12-8-10-16(11-9-12)14-7-4-3-6-13(14)15/h12-14H,2-11,15H2,1H3. The van der Waals surface area contributed by atoms with E-state index >= 15 is 0 Å². The lowest BCUT2D eigenvalue weighted by Gasteiger charge is -2.42. The zero-order valence-corrected chi connectivity index (χ0v) is 10.8. The van der Waals surface area contributed by atoms with Crippen LogP contribution in [0.4, 0.5) is 0 Å². The molecule has 0 bridgehead atoms. The summed E-state index contributed by atoms with van der Waals surface area (Å²) in [5.41, 5.74) is 6.26. The molecule has 2 fully saturated rings. The van der Waals surface area contributed by atoms with E-state index in [9.17, 15) is 0 Å². The van der Waals surface area contributed by atoms with E-state index < -0.39 is 0 Å². The maximum atomic E-state index is 6.26. The Morgan fingerprint density at radius 3 is 2.38 bits per heavy atom. The van der Waals surface area contributed by atoms with Gasteiger partial charge in [0.1, 0.15) is 0 Å². The van der Waals surface area contributed by atoms with Crippen LogP contribution in [0.1, 0.15) is 58.3 Å². The van der Waals surface area contributed by atoms with E-state index in [0.717, 1.165) is 5.92 Å². The quantitative estimate of drug-likeness (QED) is 0.798. The Bertz CT molecular complexity index is 197. The van der Waals surface area contributed by atoms with Gasteiger partial charge in [-0.2, -0.15) is 0 Å². The second-order valence-corrected chi connectivity index (χ2v) is 5.78. The van der Waals surface area contributed by atoms with Gasteiger partial charge in [0.15, 0.2) is 0 Å². The van der Waals surface area contributed by atoms with Crippen molar-refractivity contribution in [2.75, 3.05) is 13.1 Å². The van der Waals surface area contributed by atoms with Crippen LogP contribution in [0, 0.1) is 5.92 Å². The van der Waals surface area contributed by atoms with Crippen molar-refractivity contribution >= 4 is 0 Å². The Hall–Kier alpha value is -0.0800. The fourth-order valence-corrected chi connectivity index (χ4v) is 3.57. The van der Waals surface area contributed by atoms with Crippen molar-refractivity contribution < 1.29 is 0 Å². The number of piperidine rings is 1. The molecule has 2 heteroatoms. The smallest absolute Gasteiger partial charge is 0.0247 e. The highest BCUT2D eigenvalue weighted by Gasteiger charge is 2.30. The molecule has 0 spiro atoms. The van der Waals surface area contributed by atoms with Gasteiger partial charge in [-0.3, -0.25) is 4.90 Å². The van der Waals surface area contributed by atoms with Gasteiger partial charge in [0.25, 0.3) is 0 Å². The third kappa shape index (κ3) is 2.98. The van der Waals surface area contributed by atoms with Gasteiger partial charge in [-0.15, -0.1) is 0 Å². The van der Waals surface area contributed by atoms with Crippen LogP contribution in [0.25, 0.3) is 0 Å². The van der Waals surface area contributed by atoms with E-state index in [1.54, 1.807) is 0 Å². The Kier molecular flexibility index (Phi) is 4.66. The normalized spacial score (nSPS) is 34.1. The summed E-state index contributed by atoms with van der Waals surface area (Å²) < 4.78 is 0. The molecule has 16 heavy (non-hydrogen) atoms. The van der Waals surface area contributed by atoms with Crippen molar-refractivity contribution in [3.05, 3.63) is 0 Å². The number of likely N-dealkylation sites (tertiary alicyclic amines) is 1. The fourth-order valence-electron chi connectivity index (χ4n) is 3.57.